The van der Waals surface area contributed by atoms with Crippen LogP contribution < -0.4 is 18.9 Å². The fraction of sp³-hybridized carbons (Fsp3) is 0.333. The highest BCUT2D eigenvalue weighted by atomic mass is 79.9. The summed E-state index contributed by atoms with van der Waals surface area (Å²) in [6.45, 7) is -0.796. The van der Waals surface area contributed by atoms with Gasteiger partial charge in [-0.3, -0.25) is 0 Å². The molecule has 2 heterocycles. The Morgan fingerprint density at radius 2 is 1.66 bits per heavy atom. The van der Waals surface area contributed by atoms with E-state index in [1.807, 2.05) is 43.3 Å². The molecule has 4 aromatic rings. The van der Waals surface area contributed by atoms with Crippen LogP contribution in [0, 0.1) is 0 Å². The van der Waals surface area contributed by atoms with E-state index in [0.29, 0.717) is 40.6 Å². The lowest BCUT2D eigenvalue weighted by atomic mass is 9.73. The van der Waals surface area contributed by atoms with Gasteiger partial charge in [0.1, 0.15) is 5.60 Å². The van der Waals surface area contributed by atoms with E-state index < -0.39 is 25.1 Å². The van der Waals surface area contributed by atoms with Crippen molar-refractivity contribution >= 4 is 26.8 Å². The zero-order valence-corrected chi connectivity index (χ0v) is 25.0. The lowest BCUT2D eigenvalue weighted by Gasteiger charge is -2.38. The summed E-state index contributed by atoms with van der Waals surface area (Å²) in [6.07, 6.45) is 0.230. The minimum atomic E-state index is -1.68. The summed E-state index contributed by atoms with van der Waals surface area (Å²) >= 11 is 3.54. The molecule has 0 aliphatic carbocycles. The number of hydrogen-bond acceptors (Lipinski definition) is 10. The highest BCUT2D eigenvalue weighted by Crippen LogP contribution is 2.51. The third-order valence-corrected chi connectivity index (χ3v) is 7.31. The molecule has 11 heteroatoms. The average molecular weight is 629 g/mol. The Morgan fingerprint density at radius 3 is 2.34 bits per heavy atom. The topological polar surface area (TPSA) is 127 Å². The molecule has 0 saturated carbocycles. The van der Waals surface area contributed by atoms with Crippen LogP contribution in [-0.2, 0) is 5.60 Å². The van der Waals surface area contributed by atoms with E-state index in [1.54, 1.807) is 36.4 Å². The number of halogens is 1. The molecule has 0 unspecified atom stereocenters. The minimum absolute atomic E-state index is 0.150. The smallest absolute Gasteiger partial charge is 0.217 e. The molecular formula is C30H34BrN3O7. The number of benzene rings is 2. The van der Waals surface area contributed by atoms with E-state index in [-0.39, 0.29) is 17.9 Å². The minimum Gasteiger partial charge on any atom is -0.481 e. The first-order chi connectivity index (χ1) is 19.7. The van der Waals surface area contributed by atoms with E-state index >= 15 is 0 Å². The van der Waals surface area contributed by atoms with Gasteiger partial charge in [-0.15, -0.1) is 0 Å². The monoisotopic (exact) mass is 627 g/mol. The first-order valence-corrected chi connectivity index (χ1v) is 13.7. The molecule has 41 heavy (non-hydrogen) atoms. The predicted octanol–water partition coefficient (Wildman–Crippen LogP) is 4.04. The summed E-state index contributed by atoms with van der Waals surface area (Å²) in [4.78, 5) is 11.4. The molecule has 0 fully saturated rings. The van der Waals surface area contributed by atoms with E-state index in [0.717, 1.165) is 9.86 Å². The molecule has 0 radical (unpaired) electrons. The van der Waals surface area contributed by atoms with Gasteiger partial charge in [0.2, 0.25) is 11.8 Å². The Labute approximate surface area is 247 Å². The van der Waals surface area contributed by atoms with E-state index in [4.69, 9.17) is 23.9 Å². The van der Waals surface area contributed by atoms with E-state index in [2.05, 4.69) is 20.9 Å². The normalized spacial score (nSPS) is 13.6. The molecule has 2 aromatic carbocycles. The largest absolute Gasteiger partial charge is 0.481 e. The molecule has 2 atom stereocenters. The molecule has 0 amide bonds. The van der Waals surface area contributed by atoms with Crippen LogP contribution in [0.5, 0.6) is 23.3 Å². The summed E-state index contributed by atoms with van der Waals surface area (Å²) in [6, 6.07) is 17.9. The molecule has 0 spiro atoms. The maximum absolute atomic E-state index is 12.9. The van der Waals surface area contributed by atoms with Crippen molar-refractivity contribution in [2.45, 2.75) is 17.9 Å². The first-order valence-electron chi connectivity index (χ1n) is 12.9. The number of methoxy groups -OCH3 is 2. The fourth-order valence-electron chi connectivity index (χ4n) is 4.94. The summed E-state index contributed by atoms with van der Waals surface area (Å²) in [5.41, 5.74) is 0.383. The number of hydrogen-bond donors (Lipinski definition) is 3. The van der Waals surface area contributed by atoms with Crippen LogP contribution in [0.15, 0.2) is 65.1 Å². The molecule has 10 nitrogen and oxygen atoms in total. The van der Waals surface area contributed by atoms with Crippen molar-refractivity contribution in [2.75, 3.05) is 48.4 Å². The van der Waals surface area contributed by atoms with Crippen LogP contribution in [-0.4, -0.2) is 78.6 Å². The first kappa shape index (κ1) is 30.5. The van der Waals surface area contributed by atoms with Crippen LogP contribution in [0.4, 0.5) is 0 Å². The Balaban J connectivity index is 2.12. The molecule has 4 rings (SSSR count). The van der Waals surface area contributed by atoms with Crippen molar-refractivity contribution in [2.24, 2.45) is 0 Å². The lowest BCUT2D eigenvalue weighted by molar-refractivity contribution is -0.00253. The Morgan fingerprint density at radius 1 is 0.902 bits per heavy atom. The van der Waals surface area contributed by atoms with Gasteiger partial charge >= 0.3 is 0 Å². The van der Waals surface area contributed by atoms with Crippen molar-refractivity contribution in [3.8, 4) is 23.3 Å². The van der Waals surface area contributed by atoms with Crippen LogP contribution in [0.25, 0.3) is 10.9 Å². The van der Waals surface area contributed by atoms with Gasteiger partial charge in [0.05, 0.1) is 31.3 Å². The highest BCUT2D eigenvalue weighted by Gasteiger charge is 2.45. The van der Waals surface area contributed by atoms with Gasteiger partial charge in [-0.1, -0.05) is 34.1 Å². The van der Waals surface area contributed by atoms with Gasteiger partial charge in [0.25, 0.3) is 0 Å². The quantitative estimate of drug-likeness (QED) is 0.187. The SMILES string of the molecule is COc1cccc([C@](O)(CCN(C)C)[C@@H](c2cc3cc(Br)ccc3nc2OC)c2cccc(OCO)c2OCO)n1. The zero-order chi connectivity index (χ0) is 29.6. The molecule has 0 aliphatic rings. The van der Waals surface area contributed by atoms with Gasteiger partial charge in [0.15, 0.2) is 25.1 Å². The predicted molar refractivity (Wildman–Crippen MR) is 158 cm³/mol. The number of rotatable bonds is 13. The standard InChI is InChI=1S/C30H34BrN3O7/c1-34(2)14-13-30(37,25-9-6-10-26(33-25)38-3)27(21-7-5-8-24(40-17-35)28(21)41-18-36)22-16-19-15-20(31)11-12-23(19)32-29(22)39-4/h5-12,15-16,27,35-37H,13-14,17-18H2,1-4H3/t27-,30-/m1/s1. The second-order valence-corrected chi connectivity index (χ2v) is 10.5. The lowest BCUT2D eigenvalue weighted by Crippen LogP contribution is -2.39. The summed E-state index contributed by atoms with van der Waals surface area (Å²) in [7, 11) is 6.87. The summed E-state index contributed by atoms with van der Waals surface area (Å²) in [5, 5.41) is 33.2. The van der Waals surface area contributed by atoms with Crippen molar-refractivity contribution in [1.82, 2.24) is 14.9 Å². The van der Waals surface area contributed by atoms with Gasteiger partial charge in [0, 0.05) is 33.6 Å². The Kier molecular flexibility index (Phi) is 10.0. The fourth-order valence-corrected chi connectivity index (χ4v) is 5.32. The number of fused-ring (bicyclic) bond motifs is 1. The number of pyridine rings is 2. The number of para-hydroxylation sites is 1. The molecule has 218 valence electrons. The summed E-state index contributed by atoms with van der Waals surface area (Å²) < 4.78 is 23.2. The zero-order valence-electron chi connectivity index (χ0n) is 23.4. The maximum Gasteiger partial charge on any atom is 0.217 e. The number of aliphatic hydroxyl groups is 3. The van der Waals surface area contributed by atoms with Gasteiger partial charge in [-0.25, -0.2) is 9.97 Å². The second kappa shape index (κ2) is 13.5. The molecule has 0 aliphatic heterocycles. The van der Waals surface area contributed by atoms with Gasteiger partial charge < -0.3 is 39.2 Å². The highest BCUT2D eigenvalue weighted by molar-refractivity contribution is 9.10. The molecule has 2 aromatic heterocycles. The number of ether oxygens (including phenoxy) is 4. The Bertz CT molecular complexity index is 1490. The number of aromatic nitrogens is 2. The second-order valence-electron chi connectivity index (χ2n) is 9.62. The van der Waals surface area contributed by atoms with Crippen molar-refractivity contribution < 1.29 is 34.3 Å². The van der Waals surface area contributed by atoms with Crippen LogP contribution in [0.2, 0.25) is 0 Å². The maximum atomic E-state index is 12.9. The average Bonchev–Trinajstić information content (AvgIpc) is 2.97. The third-order valence-electron chi connectivity index (χ3n) is 6.82. The van der Waals surface area contributed by atoms with E-state index in [1.165, 1.54) is 14.2 Å². The molecule has 0 bridgehead atoms. The van der Waals surface area contributed by atoms with E-state index in [9.17, 15) is 15.3 Å². The molecular weight excluding hydrogens is 594 g/mol. The summed E-state index contributed by atoms with van der Waals surface area (Å²) in [5.74, 6) is 0.0575. The van der Waals surface area contributed by atoms with Crippen LogP contribution >= 0.6 is 15.9 Å². The van der Waals surface area contributed by atoms with Crippen molar-refractivity contribution in [3.05, 3.63) is 82.0 Å². The number of nitrogens with zero attached hydrogens (tertiary/aromatic N) is 3. The van der Waals surface area contributed by atoms with Crippen molar-refractivity contribution in [1.29, 1.82) is 0 Å². The third kappa shape index (κ3) is 6.55. The molecule has 3 N–H and O–H groups in total. The van der Waals surface area contributed by atoms with Crippen LogP contribution in [0.3, 0.4) is 0 Å². The number of aliphatic hydroxyl groups excluding tert-OH is 2. The van der Waals surface area contributed by atoms with Gasteiger partial charge in [-0.05, 0) is 56.9 Å². The van der Waals surface area contributed by atoms with Crippen molar-refractivity contribution in [3.63, 3.8) is 0 Å². The van der Waals surface area contributed by atoms with Crippen LogP contribution in [0.1, 0.15) is 29.2 Å². The molecule has 0 saturated heterocycles. The van der Waals surface area contributed by atoms with Gasteiger partial charge in [-0.2, -0.15) is 0 Å². The Hall–Kier alpha value is -3.48.